The number of hydrogen-bond acceptors (Lipinski definition) is 3. The van der Waals surface area contributed by atoms with Crippen molar-refractivity contribution in [3.8, 4) is 0 Å². The molecule has 0 spiro atoms. The molecule has 0 aromatic carbocycles. The van der Waals surface area contributed by atoms with E-state index in [2.05, 4.69) is 26.1 Å². The van der Waals surface area contributed by atoms with E-state index >= 15 is 0 Å². The first-order valence-corrected chi connectivity index (χ1v) is 9.21. The van der Waals surface area contributed by atoms with Gasteiger partial charge < -0.3 is 5.32 Å². The number of sulfone groups is 1. The maximum atomic E-state index is 12.8. The molecule has 0 radical (unpaired) electrons. The molecule has 1 aliphatic rings. The van der Waals surface area contributed by atoms with E-state index in [-0.39, 0.29) is 27.9 Å². The lowest BCUT2D eigenvalue weighted by atomic mass is 9.87. The molecule has 0 aliphatic heterocycles. The summed E-state index contributed by atoms with van der Waals surface area (Å²) in [6.45, 7) is 13.3. The van der Waals surface area contributed by atoms with Crippen molar-refractivity contribution in [1.82, 2.24) is 5.32 Å². The first-order valence-electron chi connectivity index (χ1n) is 7.60. The molecule has 1 saturated carbocycles. The predicted molar refractivity (Wildman–Crippen MR) is 82.1 cm³/mol. The van der Waals surface area contributed by atoms with Crippen LogP contribution in [0.15, 0.2) is 0 Å². The fourth-order valence-corrected chi connectivity index (χ4v) is 5.66. The highest BCUT2D eigenvalue weighted by Gasteiger charge is 2.49. The quantitative estimate of drug-likeness (QED) is 0.817. The smallest absolute Gasteiger partial charge is 0.157 e. The molecule has 0 aromatic rings. The molecule has 19 heavy (non-hydrogen) atoms. The lowest BCUT2D eigenvalue weighted by molar-refractivity contribution is 0.284. The molecule has 0 bridgehead atoms. The first kappa shape index (κ1) is 17.0. The van der Waals surface area contributed by atoms with Crippen molar-refractivity contribution in [3.63, 3.8) is 0 Å². The zero-order chi connectivity index (χ0) is 14.8. The average molecular weight is 289 g/mol. The number of nitrogens with one attached hydrogen (secondary N) is 1. The summed E-state index contributed by atoms with van der Waals surface area (Å²) in [5.41, 5.74) is 0.0730. The molecule has 1 fully saturated rings. The van der Waals surface area contributed by atoms with E-state index in [0.717, 1.165) is 25.8 Å². The summed E-state index contributed by atoms with van der Waals surface area (Å²) in [6, 6.07) is 0.0960. The van der Waals surface area contributed by atoms with Gasteiger partial charge in [0.1, 0.15) is 0 Å². The maximum Gasteiger partial charge on any atom is 0.157 e. The molecule has 1 N–H and O–H groups in total. The van der Waals surface area contributed by atoms with E-state index in [0.29, 0.717) is 0 Å². The van der Waals surface area contributed by atoms with Gasteiger partial charge in [0.2, 0.25) is 0 Å². The van der Waals surface area contributed by atoms with Crippen molar-refractivity contribution in [1.29, 1.82) is 0 Å². The molecular formula is C15H31NO2S. The fraction of sp³-hybridized carbons (Fsp3) is 1.00. The van der Waals surface area contributed by atoms with Crippen LogP contribution in [0, 0.1) is 11.3 Å². The van der Waals surface area contributed by atoms with Crippen molar-refractivity contribution in [2.45, 2.75) is 77.3 Å². The monoisotopic (exact) mass is 289 g/mol. The molecule has 0 heterocycles. The lowest BCUT2D eigenvalue weighted by Crippen LogP contribution is -2.50. The molecule has 0 amide bonds. The summed E-state index contributed by atoms with van der Waals surface area (Å²) in [5, 5.41) is 3.02. The van der Waals surface area contributed by atoms with Crippen molar-refractivity contribution < 1.29 is 8.42 Å². The Morgan fingerprint density at radius 2 is 1.84 bits per heavy atom. The van der Waals surface area contributed by atoms with Gasteiger partial charge in [-0.2, -0.15) is 0 Å². The first-order chi connectivity index (χ1) is 8.64. The van der Waals surface area contributed by atoms with Gasteiger partial charge in [-0.25, -0.2) is 8.42 Å². The van der Waals surface area contributed by atoms with Crippen molar-refractivity contribution in [2.24, 2.45) is 11.3 Å². The van der Waals surface area contributed by atoms with E-state index in [9.17, 15) is 8.42 Å². The van der Waals surface area contributed by atoms with Crippen LogP contribution in [0.2, 0.25) is 0 Å². The van der Waals surface area contributed by atoms with Gasteiger partial charge in [-0.3, -0.25) is 0 Å². The molecule has 3 nitrogen and oxygen atoms in total. The van der Waals surface area contributed by atoms with Crippen molar-refractivity contribution in [2.75, 3.05) is 6.54 Å². The Bertz CT molecular complexity index is 387. The average Bonchev–Trinajstić information content (AvgIpc) is 2.61. The fourth-order valence-electron chi connectivity index (χ4n) is 3.06. The predicted octanol–water partition coefficient (Wildman–Crippen LogP) is 3.00. The van der Waals surface area contributed by atoms with E-state index in [1.54, 1.807) is 0 Å². The number of rotatable bonds is 6. The van der Waals surface area contributed by atoms with Gasteiger partial charge in [-0.05, 0) is 44.1 Å². The minimum absolute atomic E-state index is 0.0730. The van der Waals surface area contributed by atoms with E-state index < -0.39 is 9.84 Å². The normalized spacial score (nSPS) is 28.8. The Morgan fingerprint density at radius 3 is 2.32 bits per heavy atom. The Hall–Kier alpha value is -0.0900. The minimum Gasteiger partial charge on any atom is -0.312 e. The van der Waals surface area contributed by atoms with Crippen LogP contribution in [0.1, 0.15) is 60.8 Å². The summed E-state index contributed by atoms with van der Waals surface area (Å²) in [5.74, 6) is 0.181. The molecule has 1 rings (SSSR count). The Labute approximate surface area is 119 Å². The van der Waals surface area contributed by atoms with Gasteiger partial charge in [0, 0.05) is 6.04 Å². The van der Waals surface area contributed by atoms with Crippen molar-refractivity contribution >= 4 is 9.84 Å². The van der Waals surface area contributed by atoms with Crippen LogP contribution in [0.25, 0.3) is 0 Å². The van der Waals surface area contributed by atoms with E-state index in [4.69, 9.17) is 0 Å². The second-order valence-corrected chi connectivity index (χ2v) is 9.56. The lowest BCUT2D eigenvalue weighted by Gasteiger charge is -2.33. The topological polar surface area (TPSA) is 46.2 Å². The zero-order valence-corrected chi connectivity index (χ0v) is 14.2. The Kier molecular flexibility index (Phi) is 5.47. The highest BCUT2D eigenvalue weighted by Crippen LogP contribution is 2.42. The molecule has 3 atom stereocenters. The maximum absolute atomic E-state index is 12.8. The molecule has 0 aromatic heterocycles. The molecule has 4 heteroatoms. The third-order valence-electron chi connectivity index (χ3n) is 4.78. The third kappa shape index (κ3) is 3.52. The molecule has 1 aliphatic carbocycles. The van der Waals surface area contributed by atoms with Gasteiger partial charge in [0.05, 0.1) is 10.5 Å². The van der Waals surface area contributed by atoms with Crippen LogP contribution in [0.3, 0.4) is 0 Å². The van der Waals surface area contributed by atoms with Gasteiger partial charge in [-0.1, -0.05) is 34.6 Å². The summed E-state index contributed by atoms with van der Waals surface area (Å²) >= 11 is 0. The minimum atomic E-state index is -3.05. The molecule has 3 unspecified atom stereocenters. The second kappa shape index (κ2) is 6.13. The van der Waals surface area contributed by atoms with Gasteiger partial charge >= 0.3 is 0 Å². The number of hydrogen-bond donors (Lipinski definition) is 1. The summed E-state index contributed by atoms with van der Waals surface area (Å²) in [6.07, 6.45) is 2.83. The SMILES string of the molecule is CCCNC1C(S(=O)(=O)C(C)C(C)C)CCC1(C)C. The second-order valence-electron chi connectivity index (χ2n) is 7.04. The standard InChI is InChI=1S/C15H31NO2S/c1-7-10-16-14-13(8-9-15(14,5)6)19(17,18)12(4)11(2)3/h11-14,16H,7-10H2,1-6H3. The molecular weight excluding hydrogens is 258 g/mol. The van der Waals surface area contributed by atoms with Crippen LogP contribution in [0.4, 0.5) is 0 Å². The summed E-state index contributed by atoms with van der Waals surface area (Å²) in [4.78, 5) is 0. The van der Waals surface area contributed by atoms with Crippen LogP contribution in [-0.4, -0.2) is 31.5 Å². The highest BCUT2D eigenvalue weighted by atomic mass is 32.2. The summed E-state index contributed by atoms with van der Waals surface area (Å²) < 4.78 is 25.6. The van der Waals surface area contributed by atoms with E-state index in [1.807, 2.05) is 20.8 Å². The Balaban J connectivity index is 2.98. The van der Waals surface area contributed by atoms with Gasteiger partial charge in [0.25, 0.3) is 0 Å². The molecule has 0 saturated heterocycles. The van der Waals surface area contributed by atoms with Crippen molar-refractivity contribution in [3.05, 3.63) is 0 Å². The summed E-state index contributed by atoms with van der Waals surface area (Å²) in [7, 11) is -3.05. The zero-order valence-electron chi connectivity index (χ0n) is 13.4. The largest absolute Gasteiger partial charge is 0.312 e. The third-order valence-corrected chi connectivity index (χ3v) is 7.71. The van der Waals surface area contributed by atoms with E-state index in [1.165, 1.54) is 0 Å². The van der Waals surface area contributed by atoms with Crippen LogP contribution in [0.5, 0.6) is 0 Å². The van der Waals surface area contributed by atoms with Crippen LogP contribution in [-0.2, 0) is 9.84 Å². The van der Waals surface area contributed by atoms with Gasteiger partial charge in [0.15, 0.2) is 9.84 Å². The molecule has 114 valence electrons. The van der Waals surface area contributed by atoms with Crippen LogP contribution >= 0.6 is 0 Å². The highest BCUT2D eigenvalue weighted by molar-refractivity contribution is 7.92. The van der Waals surface area contributed by atoms with Crippen LogP contribution < -0.4 is 5.32 Å². The Morgan fingerprint density at radius 1 is 1.26 bits per heavy atom. The van der Waals surface area contributed by atoms with Gasteiger partial charge in [-0.15, -0.1) is 0 Å².